The molecule has 0 heterocycles. The number of rotatable bonds is 35. The van der Waals surface area contributed by atoms with Gasteiger partial charge in [-0.1, -0.05) is 115 Å². The van der Waals surface area contributed by atoms with E-state index in [-0.39, 0.29) is 32.3 Å². The topological polar surface area (TPSA) is 117 Å². The maximum atomic E-state index is 12.5. The Balaban J connectivity index is 4.18. The van der Waals surface area contributed by atoms with Crippen molar-refractivity contribution >= 4 is 13.8 Å². The second-order valence-corrected chi connectivity index (χ2v) is 13.6. The summed E-state index contributed by atoms with van der Waals surface area (Å²) >= 11 is 0. The first-order valence-corrected chi connectivity index (χ1v) is 20.0. The van der Waals surface area contributed by atoms with Crippen molar-refractivity contribution in [2.75, 3.05) is 26.4 Å². The fourth-order valence-corrected chi connectivity index (χ4v) is 5.58. The maximum Gasteiger partial charge on any atom is 0.472 e. The monoisotopic (exact) mass is 671 g/mol. The minimum Gasteiger partial charge on any atom is -0.498 e. The summed E-state index contributed by atoms with van der Waals surface area (Å²) in [4.78, 5) is 22.3. The highest BCUT2D eigenvalue weighted by Gasteiger charge is 2.25. The Morgan fingerprint density at radius 1 is 0.652 bits per heavy atom. The average Bonchev–Trinajstić information content (AvgIpc) is 3.04. The number of ether oxygens (including phenoxy) is 2. The molecule has 0 aliphatic rings. The van der Waals surface area contributed by atoms with Gasteiger partial charge in [-0.3, -0.25) is 13.8 Å². The number of carbonyl (C=O) groups is 1. The smallest absolute Gasteiger partial charge is 0.472 e. The van der Waals surface area contributed by atoms with E-state index >= 15 is 0 Å². The van der Waals surface area contributed by atoms with E-state index in [0.717, 1.165) is 51.4 Å². The highest BCUT2D eigenvalue weighted by atomic mass is 31.2. The van der Waals surface area contributed by atoms with E-state index in [9.17, 15) is 14.3 Å². The van der Waals surface area contributed by atoms with Crippen LogP contribution in [0.15, 0.2) is 36.6 Å². The number of phosphoric acid groups is 1. The van der Waals surface area contributed by atoms with Crippen molar-refractivity contribution in [1.29, 1.82) is 0 Å². The molecule has 1 unspecified atom stereocenters. The summed E-state index contributed by atoms with van der Waals surface area (Å²) in [5.74, 6) is -0.368. The SMILES string of the molecule is CCCC/C=C\CCCCCCCC(=O)O[C@H](CO/C=C\CCCCCC/C=C\CCCCCCCC)COP(=O)(O)OCCN. The molecule has 0 aromatic carbocycles. The summed E-state index contributed by atoms with van der Waals surface area (Å²) in [5.41, 5.74) is 5.34. The molecular weight excluding hydrogens is 601 g/mol. The summed E-state index contributed by atoms with van der Waals surface area (Å²) in [6, 6.07) is 0. The Labute approximate surface area is 282 Å². The molecule has 0 rings (SSSR count). The molecule has 0 fully saturated rings. The molecule has 0 spiro atoms. The van der Waals surface area contributed by atoms with E-state index in [1.54, 1.807) is 6.26 Å². The van der Waals surface area contributed by atoms with Gasteiger partial charge < -0.3 is 20.1 Å². The van der Waals surface area contributed by atoms with E-state index in [4.69, 9.17) is 24.3 Å². The average molecular weight is 672 g/mol. The molecular formula is C37H70NO7P. The van der Waals surface area contributed by atoms with Crippen molar-refractivity contribution in [2.24, 2.45) is 5.73 Å². The van der Waals surface area contributed by atoms with Gasteiger partial charge in [0.15, 0.2) is 6.10 Å². The molecule has 0 radical (unpaired) electrons. The fourth-order valence-electron chi connectivity index (χ4n) is 4.82. The van der Waals surface area contributed by atoms with Crippen LogP contribution >= 0.6 is 7.82 Å². The molecule has 0 bridgehead atoms. The number of unbranched alkanes of at least 4 members (excludes halogenated alkanes) is 18. The summed E-state index contributed by atoms with van der Waals surface area (Å²) < 4.78 is 33.0. The lowest BCUT2D eigenvalue weighted by Crippen LogP contribution is -2.27. The van der Waals surface area contributed by atoms with Crippen LogP contribution in [-0.2, 0) is 27.9 Å². The maximum absolute atomic E-state index is 12.5. The number of allylic oxidation sites excluding steroid dienone is 5. The lowest BCUT2D eigenvalue weighted by Gasteiger charge is -2.19. The van der Waals surface area contributed by atoms with Crippen molar-refractivity contribution in [2.45, 2.75) is 168 Å². The Morgan fingerprint density at radius 3 is 1.67 bits per heavy atom. The summed E-state index contributed by atoms with van der Waals surface area (Å²) in [6.07, 6.45) is 38.2. The lowest BCUT2D eigenvalue weighted by molar-refractivity contribution is -0.153. The first-order chi connectivity index (χ1) is 22.4. The normalized spacial score (nSPS) is 14.0. The number of phosphoric ester groups is 1. The van der Waals surface area contributed by atoms with E-state index in [1.807, 2.05) is 6.08 Å². The zero-order valence-corrected chi connectivity index (χ0v) is 30.4. The number of carbonyl (C=O) groups excluding carboxylic acids is 1. The van der Waals surface area contributed by atoms with Gasteiger partial charge in [0.2, 0.25) is 0 Å². The molecule has 0 aromatic heterocycles. The quantitative estimate of drug-likeness (QED) is 0.0225. The molecule has 3 N–H and O–H groups in total. The van der Waals surface area contributed by atoms with Crippen molar-refractivity contribution in [3.63, 3.8) is 0 Å². The second-order valence-electron chi connectivity index (χ2n) is 12.1. The third-order valence-electron chi connectivity index (χ3n) is 7.59. The molecule has 46 heavy (non-hydrogen) atoms. The molecule has 0 amide bonds. The van der Waals surface area contributed by atoms with E-state index in [2.05, 4.69) is 38.2 Å². The second kappa shape index (κ2) is 34.9. The first kappa shape index (κ1) is 44.6. The van der Waals surface area contributed by atoms with Crippen molar-refractivity contribution in [3.8, 4) is 0 Å². The zero-order chi connectivity index (χ0) is 33.8. The molecule has 0 aromatic rings. The largest absolute Gasteiger partial charge is 0.498 e. The number of hydrogen-bond donors (Lipinski definition) is 2. The zero-order valence-electron chi connectivity index (χ0n) is 29.6. The van der Waals surface area contributed by atoms with E-state index < -0.39 is 13.9 Å². The van der Waals surface area contributed by atoms with Gasteiger partial charge in [-0.25, -0.2) is 4.57 Å². The van der Waals surface area contributed by atoms with Crippen LogP contribution in [0.3, 0.4) is 0 Å². The van der Waals surface area contributed by atoms with Crippen molar-refractivity contribution in [1.82, 2.24) is 0 Å². The molecule has 2 atom stereocenters. The molecule has 0 aliphatic heterocycles. The van der Waals surface area contributed by atoms with Gasteiger partial charge in [-0.05, 0) is 70.3 Å². The Morgan fingerprint density at radius 2 is 1.13 bits per heavy atom. The van der Waals surface area contributed by atoms with Crippen LogP contribution in [0.25, 0.3) is 0 Å². The molecule has 9 heteroatoms. The third kappa shape index (κ3) is 33.9. The van der Waals surface area contributed by atoms with Gasteiger partial charge in [0.05, 0.1) is 19.5 Å². The van der Waals surface area contributed by atoms with Crippen LogP contribution < -0.4 is 5.73 Å². The highest BCUT2D eigenvalue weighted by molar-refractivity contribution is 7.47. The van der Waals surface area contributed by atoms with E-state index in [1.165, 1.54) is 89.9 Å². The number of nitrogens with two attached hydrogens (primary N) is 1. The van der Waals surface area contributed by atoms with Gasteiger partial charge in [0.25, 0.3) is 0 Å². The van der Waals surface area contributed by atoms with E-state index in [0.29, 0.717) is 6.42 Å². The predicted octanol–water partition coefficient (Wildman–Crippen LogP) is 10.6. The molecule has 0 saturated carbocycles. The van der Waals surface area contributed by atoms with Gasteiger partial charge in [0, 0.05) is 13.0 Å². The van der Waals surface area contributed by atoms with Gasteiger partial charge in [0.1, 0.15) is 6.61 Å². The molecule has 270 valence electrons. The molecule has 0 saturated heterocycles. The summed E-state index contributed by atoms with van der Waals surface area (Å²) in [7, 11) is -4.29. The van der Waals surface area contributed by atoms with Crippen LogP contribution in [0, 0.1) is 0 Å². The Bertz CT molecular complexity index is 803. The van der Waals surface area contributed by atoms with Crippen LogP contribution in [0.1, 0.15) is 162 Å². The standard InChI is InChI=1S/C37H70NO7P/c1-3-5-7-9-11-13-15-16-17-18-19-21-23-25-27-29-32-42-34-36(35-44-46(40,41)43-33-31-38)45-37(39)30-28-26-24-22-20-14-12-10-8-6-4-2/h10,12,16-17,29,32,36H,3-9,11,13-15,18-28,30-31,33-35,38H2,1-2H3,(H,40,41)/b12-10-,17-16-,32-29-/t36-/m1/s1. The molecule has 0 aliphatic carbocycles. The lowest BCUT2D eigenvalue weighted by atomic mass is 10.1. The minimum atomic E-state index is -4.29. The Kier molecular flexibility index (Phi) is 33.8. The highest BCUT2D eigenvalue weighted by Crippen LogP contribution is 2.43. The minimum absolute atomic E-state index is 0.0238. The third-order valence-corrected chi connectivity index (χ3v) is 8.58. The molecule has 8 nitrogen and oxygen atoms in total. The summed E-state index contributed by atoms with van der Waals surface area (Å²) in [5, 5.41) is 0. The van der Waals surface area contributed by atoms with Gasteiger partial charge in [-0.2, -0.15) is 0 Å². The first-order valence-electron chi connectivity index (χ1n) is 18.5. The number of esters is 1. The number of hydrogen-bond acceptors (Lipinski definition) is 7. The van der Waals surface area contributed by atoms with Crippen LogP contribution in [0.5, 0.6) is 0 Å². The predicted molar refractivity (Wildman–Crippen MR) is 192 cm³/mol. The fraction of sp³-hybridized carbons (Fsp3) is 0.811. The van der Waals surface area contributed by atoms with Gasteiger partial charge >= 0.3 is 13.8 Å². The van der Waals surface area contributed by atoms with Crippen LogP contribution in [0.2, 0.25) is 0 Å². The van der Waals surface area contributed by atoms with Crippen molar-refractivity contribution in [3.05, 3.63) is 36.6 Å². The van der Waals surface area contributed by atoms with Gasteiger partial charge in [-0.15, -0.1) is 0 Å². The van der Waals surface area contributed by atoms with Crippen molar-refractivity contribution < 1.29 is 32.8 Å². The Hall–Kier alpha value is -1.44. The summed E-state index contributed by atoms with van der Waals surface area (Å²) in [6.45, 7) is 4.16. The van der Waals surface area contributed by atoms with Crippen LogP contribution in [0.4, 0.5) is 0 Å². The van der Waals surface area contributed by atoms with Crippen LogP contribution in [-0.4, -0.2) is 43.3 Å².